The molecular formula is C22H23FN4O2. The molecule has 1 amide bonds. The van der Waals surface area contributed by atoms with Crippen molar-refractivity contribution in [1.82, 2.24) is 19.9 Å². The van der Waals surface area contributed by atoms with E-state index in [1.54, 1.807) is 22.6 Å². The lowest BCUT2D eigenvalue weighted by molar-refractivity contribution is -0.137. The van der Waals surface area contributed by atoms with Gasteiger partial charge in [0, 0.05) is 19.5 Å². The van der Waals surface area contributed by atoms with Crippen LogP contribution in [-0.2, 0) is 17.8 Å². The fraction of sp³-hybridized carbons (Fsp3) is 0.318. The van der Waals surface area contributed by atoms with Crippen molar-refractivity contribution in [2.75, 3.05) is 13.1 Å². The van der Waals surface area contributed by atoms with E-state index in [2.05, 4.69) is 10.3 Å². The molecule has 1 fully saturated rings. The van der Waals surface area contributed by atoms with E-state index >= 15 is 0 Å². The molecule has 3 aromatic rings. The maximum atomic E-state index is 13.6. The van der Waals surface area contributed by atoms with Gasteiger partial charge in [0.1, 0.15) is 23.9 Å². The summed E-state index contributed by atoms with van der Waals surface area (Å²) < 4.78 is 21.1. The second-order valence-electron chi connectivity index (χ2n) is 7.33. The standard InChI is InChI=1S/C22H23FN4O2/c1-16-7-8-17(11-21(16)23)9-10-22(28)26-13-19(14-26)27-12-18(24-25-27)15-29-20-5-3-2-4-6-20/h2-8,11-12,19H,9-10,13-15H2,1H3. The summed E-state index contributed by atoms with van der Waals surface area (Å²) in [6, 6.07) is 14.8. The van der Waals surface area contributed by atoms with E-state index < -0.39 is 0 Å². The number of ether oxygens (including phenoxy) is 1. The predicted octanol–water partition coefficient (Wildman–Crippen LogP) is 3.32. The molecule has 2 heterocycles. The number of hydrogen-bond acceptors (Lipinski definition) is 4. The summed E-state index contributed by atoms with van der Waals surface area (Å²) in [4.78, 5) is 14.2. The number of amides is 1. The first-order valence-corrected chi connectivity index (χ1v) is 9.70. The van der Waals surface area contributed by atoms with E-state index in [0.29, 0.717) is 38.1 Å². The molecule has 4 rings (SSSR count). The summed E-state index contributed by atoms with van der Waals surface area (Å²) in [7, 11) is 0. The molecule has 1 aromatic heterocycles. The van der Waals surface area contributed by atoms with Gasteiger partial charge in [-0.15, -0.1) is 5.10 Å². The number of carbonyl (C=O) groups excluding carboxylic acids is 1. The molecule has 0 bridgehead atoms. The zero-order valence-corrected chi connectivity index (χ0v) is 16.3. The summed E-state index contributed by atoms with van der Waals surface area (Å²) in [6.45, 7) is 3.31. The van der Waals surface area contributed by atoms with Crippen molar-refractivity contribution in [3.63, 3.8) is 0 Å². The number of rotatable bonds is 7. The fourth-order valence-corrected chi connectivity index (χ4v) is 3.26. The quantitative estimate of drug-likeness (QED) is 0.617. The molecule has 29 heavy (non-hydrogen) atoms. The molecule has 2 aromatic carbocycles. The Labute approximate surface area is 168 Å². The molecule has 0 N–H and O–H groups in total. The molecule has 1 aliphatic rings. The summed E-state index contributed by atoms with van der Waals surface area (Å²) in [6.07, 6.45) is 2.79. The molecule has 0 aliphatic carbocycles. The van der Waals surface area contributed by atoms with E-state index in [-0.39, 0.29) is 17.8 Å². The highest BCUT2D eigenvalue weighted by Gasteiger charge is 2.32. The van der Waals surface area contributed by atoms with Crippen LogP contribution in [0.25, 0.3) is 0 Å². The topological polar surface area (TPSA) is 60.2 Å². The van der Waals surface area contributed by atoms with Crippen molar-refractivity contribution in [1.29, 1.82) is 0 Å². The van der Waals surface area contributed by atoms with Gasteiger partial charge in [-0.05, 0) is 42.7 Å². The van der Waals surface area contributed by atoms with Gasteiger partial charge in [-0.25, -0.2) is 9.07 Å². The van der Waals surface area contributed by atoms with Crippen molar-refractivity contribution >= 4 is 5.91 Å². The molecule has 0 spiro atoms. The predicted molar refractivity (Wildman–Crippen MR) is 106 cm³/mol. The minimum absolute atomic E-state index is 0.0787. The molecule has 0 unspecified atom stereocenters. The smallest absolute Gasteiger partial charge is 0.223 e. The van der Waals surface area contributed by atoms with Crippen LogP contribution < -0.4 is 4.74 Å². The van der Waals surface area contributed by atoms with E-state index in [4.69, 9.17) is 4.74 Å². The number of para-hydroxylation sites is 1. The molecule has 1 saturated heterocycles. The Morgan fingerprint density at radius 1 is 1.21 bits per heavy atom. The van der Waals surface area contributed by atoms with Crippen LogP contribution in [0.2, 0.25) is 0 Å². The van der Waals surface area contributed by atoms with Crippen LogP contribution in [0.1, 0.15) is 29.3 Å². The monoisotopic (exact) mass is 394 g/mol. The first-order valence-electron chi connectivity index (χ1n) is 9.70. The van der Waals surface area contributed by atoms with Gasteiger partial charge in [-0.2, -0.15) is 0 Å². The van der Waals surface area contributed by atoms with E-state index in [0.717, 1.165) is 17.0 Å². The number of aryl methyl sites for hydroxylation is 2. The molecule has 1 aliphatic heterocycles. The van der Waals surface area contributed by atoms with Crippen LogP contribution in [0.4, 0.5) is 4.39 Å². The Morgan fingerprint density at radius 3 is 2.76 bits per heavy atom. The fourth-order valence-electron chi connectivity index (χ4n) is 3.26. The number of hydrogen-bond donors (Lipinski definition) is 0. The Balaban J connectivity index is 1.22. The van der Waals surface area contributed by atoms with Crippen LogP contribution in [0.5, 0.6) is 5.75 Å². The second kappa shape index (κ2) is 8.43. The van der Waals surface area contributed by atoms with Crippen LogP contribution in [0, 0.1) is 12.7 Å². The first kappa shape index (κ1) is 19.1. The second-order valence-corrected chi connectivity index (χ2v) is 7.33. The average Bonchev–Trinajstić information content (AvgIpc) is 3.15. The summed E-state index contributed by atoms with van der Waals surface area (Å²) in [5.74, 6) is 0.642. The van der Waals surface area contributed by atoms with Crippen LogP contribution in [0.3, 0.4) is 0 Å². The van der Waals surface area contributed by atoms with Crippen LogP contribution in [-0.4, -0.2) is 38.9 Å². The zero-order valence-electron chi connectivity index (χ0n) is 16.3. The molecule has 150 valence electrons. The van der Waals surface area contributed by atoms with Crippen LogP contribution >= 0.6 is 0 Å². The van der Waals surface area contributed by atoms with E-state index in [1.165, 1.54) is 6.07 Å². The number of halogens is 1. The van der Waals surface area contributed by atoms with Gasteiger partial charge >= 0.3 is 0 Å². The number of nitrogens with zero attached hydrogens (tertiary/aromatic N) is 4. The number of benzene rings is 2. The molecule has 0 radical (unpaired) electrons. The van der Waals surface area contributed by atoms with Gasteiger partial charge in [0.25, 0.3) is 0 Å². The lowest BCUT2D eigenvalue weighted by Gasteiger charge is -2.39. The Bertz CT molecular complexity index is 983. The van der Waals surface area contributed by atoms with Gasteiger partial charge < -0.3 is 9.64 Å². The van der Waals surface area contributed by atoms with Crippen molar-refractivity contribution in [2.24, 2.45) is 0 Å². The van der Waals surface area contributed by atoms with Crippen LogP contribution in [0.15, 0.2) is 54.7 Å². The lowest BCUT2D eigenvalue weighted by atomic mass is 10.0. The minimum Gasteiger partial charge on any atom is -0.487 e. The molecule has 7 heteroatoms. The molecular weight excluding hydrogens is 371 g/mol. The SMILES string of the molecule is Cc1ccc(CCC(=O)N2CC(n3cc(COc4ccccc4)nn3)C2)cc1F. The third kappa shape index (κ3) is 4.62. The van der Waals surface area contributed by atoms with Gasteiger partial charge in [-0.3, -0.25) is 4.79 Å². The van der Waals surface area contributed by atoms with Gasteiger partial charge in [0.05, 0.1) is 12.2 Å². The lowest BCUT2D eigenvalue weighted by Crippen LogP contribution is -2.51. The number of aromatic nitrogens is 3. The van der Waals surface area contributed by atoms with Crippen molar-refractivity contribution in [2.45, 2.75) is 32.4 Å². The Hall–Kier alpha value is -3.22. The third-order valence-electron chi connectivity index (χ3n) is 5.14. The largest absolute Gasteiger partial charge is 0.487 e. The average molecular weight is 394 g/mol. The molecule has 0 atom stereocenters. The van der Waals surface area contributed by atoms with Gasteiger partial charge in [0.2, 0.25) is 5.91 Å². The maximum absolute atomic E-state index is 13.6. The van der Waals surface area contributed by atoms with E-state index in [1.807, 2.05) is 42.6 Å². The summed E-state index contributed by atoms with van der Waals surface area (Å²) >= 11 is 0. The Morgan fingerprint density at radius 2 is 2.00 bits per heavy atom. The van der Waals surface area contributed by atoms with Gasteiger partial charge in [-0.1, -0.05) is 35.5 Å². The van der Waals surface area contributed by atoms with Crippen molar-refractivity contribution < 1.29 is 13.9 Å². The normalized spacial score (nSPS) is 13.9. The number of carbonyl (C=O) groups is 1. The maximum Gasteiger partial charge on any atom is 0.223 e. The zero-order chi connectivity index (χ0) is 20.2. The number of likely N-dealkylation sites (tertiary alicyclic amines) is 1. The van der Waals surface area contributed by atoms with Crippen molar-refractivity contribution in [3.05, 3.63) is 77.4 Å². The summed E-state index contributed by atoms with van der Waals surface area (Å²) in [5.41, 5.74) is 2.21. The highest BCUT2D eigenvalue weighted by atomic mass is 19.1. The Kier molecular flexibility index (Phi) is 5.55. The highest BCUT2D eigenvalue weighted by molar-refractivity contribution is 5.77. The first-order chi connectivity index (χ1) is 14.1. The highest BCUT2D eigenvalue weighted by Crippen LogP contribution is 2.22. The minimum atomic E-state index is -0.225. The van der Waals surface area contributed by atoms with Gasteiger partial charge in [0.15, 0.2) is 0 Å². The third-order valence-corrected chi connectivity index (χ3v) is 5.14. The summed E-state index contributed by atoms with van der Waals surface area (Å²) in [5, 5.41) is 8.31. The molecule has 0 saturated carbocycles. The van der Waals surface area contributed by atoms with Crippen molar-refractivity contribution in [3.8, 4) is 5.75 Å². The van der Waals surface area contributed by atoms with E-state index in [9.17, 15) is 9.18 Å². The molecule has 6 nitrogen and oxygen atoms in total.